The van der Waals surface area contributed by atoms with E-state index in [0.717, 1.165) is 31.6 Å². The quantitative estimate of drug-likeness (QED) is 0.728. The molecule has 0 N–H and O–H groups in total. The Kier molecular flexibility index (Phi) is 5.99. The summed E-state index contributed by atoms with van der Waals surface area (Å²) < 4.78 is 11.1. The van der Waals surface area contributed by atoms with E-state index in [1.165, 1.54) is 24.8 Å². The van der Waals surface area contributed by atoms with Crippen molar-refractivity contribution in [3.63, 3.8) is 0 Å². The monoisotopic (exact) mass is 282 g/mol. The lowest BCUT2D eigenvalue weighted by atomic mass is 10.0. The van der Waals surface area contributed by atoms with Gasteiger partial charge in [-0.2, -0.15) is 0 Å². The first-order chi connectivity index (χ1) is 9.29. The smallest absolute Gasteiger partial charge is 0.122 e. The third-order valence-corrected chi connectivity index (χ3v) is 4.08. The predicted molar refractivity (Wildman–Crippen MR) is 79.2 cm³/mol. The Morgan fingerprint density at radius 3 is 2.95 bits per heavy atom. The summed E-state index contributed by atoms with van der Waals surface area (Å²) >= 11 is 6.45. The van der Waals surface area contributed by atoms with Gasteiger partial charge in [0.15, 0.2) is 0 Å². The van der Waals surface area contributed by atoms with Crippen LogP contribution in [0.25, 0.3) is 0 Å². The van der Waals surface area contributed by atoms with Crippen LogP contribution < -0.4 is 4.74 Å². The van der Waals surface area contributed by atoms with E-state index < -0.39 is 0 Å². The fraction of sp³-hybridized carbons (Fsp3) is 0.625. The lowest BCUT2D eigenvalue weighted by Crippen LogP contribution is -2.20. The molecule has 106 valence electrons. The highest BCUT2D eigenvalue weighted by atomic mass is 35.5. The first-order valence-corrected chi connectivity index (χ1v) is 7.61. The van der Waals surface area contributed by atoms with Crippen LogP contribution in [0.1, 0.15) is 37.7 Å². The third kappa shape index (κ3) is 4.70. The van der Waals surface area contributed by atoms with Gasteiger partial charge in [-0.15, -0.1) is 11.6 Å². The maximum absolute atomic E-state index is 6.45. The molecule has 1 saturated heterocycles. The van der Waals surface area contributed by atoms with Gasteiger partial charge in [0, 0.05) is 12.0 Å². The van der Waals surface area contributed by atoms with Crippen LogP contribution in [0, 0.1) is 0 Å². The SMILES string of the molecule is COc1ccccc1CC(Cl)CCC1CCCCO1. The van der Waals surface area contributed by atoms with E-state index >= 15 is 0 Å². The van der Waals surface area contributed by atoms with Crippen LogP contribution in [0.3, 0.4) is 0 Å². The van der Waals surface area contributed by atoms with E-state index in [1.54, 1.807) is 7.11 Å². The molecular weight excluding hydrogens is 260 g/mol. The molecule has 0 bridgehead atoms. The van der Waals surface area contributed by atoms with Gasteiger partial charge in [0.05, 0.1) is 13.2 Å². The average molecular weight is 283 g/mol. The molecule has 1 fully saturated rings. The number of para-hydroxylation sites is 1. The molecule has 0 radical (unpaired) electrons. The molecule has 0 saturated carbocycles. The molecule has 2 rings (SSSR count). The summed E-state index contributed by atoms with van der Waals surface area (Å²) in [7, 11) is 1.71. The van der Waals surface area contributed by atoms with Gasteiger partial charge in [-0.05, 0) is 50.2 Å². The molecule has 2 nitrogen and oxygen atoms in total. The van der Waals surface area contributed by atoms with Crippen molar-refractivity contribution in [1.82, 2.24) is 0 Å². The van der Waals surface area contributed by atoms with Crippen LogP contribution in [0.2, 0.25) is 0 Å². The number of hydrogen-bond acceptors (Lipinski definition) is 2. The number of benzene rings is 1. The fourth-order valence-electron chi connectivity index (χ4n) is 2.61. The predicted octanol–water partition coefficient (Wildman–Crippen LogP) is 4.19. The molecule has 1 aromatic rings. The minimum Gasteiger partial charge on any atom is -0.496 e. The maximum atomic E-state index is 6.45. The van der Waals surface area contributed by atoms with Gasteiger partial charge in [-0.25, -0.2) is 0 Å². The largest absolute Gasteiger partial charge is 0.496 e. The lowest BCUT2D eigenvalue weighted by molar-refractivity contribution is 0.0100. The Morgan fingerprint density at radius 2 is 2.21 bits per heavy atom. The standard InChI is InChI=1S/C16H23ClO2/c1-18-16-8-3-2-6-13(16)12-14(17)9-10-15-7-4-5-11-19-15/h2-3,6,8,14-15H,4-5,7,9-12H2,1H3. The number of hydrogen-bond donors (Lipinski definition) is 0. The summed E-state index contributed by atoms with van der Waals surface area (Å²) in [5, 5.41) is 0.154. The van der Waals surface area contributed by atoms with E-state index in [2.05, 4.69) is 6.07 Å². The van der Waals surface area contributed by atoms with Crippen molar-refractivity contribution in [2.45, 2.75) is 50.0 Å². The van der Waals surface area contributed by atoms with E-state index in [4.69, 9.17) is 21.1 Å². The van der Waals surface area contributed by atoms with Gasteiger partial charge in [-0.1, -0.05) is 18.2 Å². The molecule has 19 heavy (non-hydrogen) atoms. The normalized spacial score (nSPS) is 21.1. The van der Waals surface area contributed by atoms with Gasteiger partial charge < -0.3 is 9.47 Å². The third-order valence-electron chi connectivity index (χ3n) is 3.71. The molecule has 0 aliphatic carbocycles. The van der Waals surface area contributed by atoms with E-state index in [1.807, 2.05) is 18.2 Å². The number of rotatable bonds is 6. The van der Waals surface area contributed by atoms with Gasteiger partial charge in [0.25, 0.3) is 0 Å². The Morgan fingerprint density at radius 1 is 1.37 bits per heavy atom. The van der Waals surface area contributed by atoms with E-state index in [9.17, 15) is 0 Å². The minimum absolute atomic E-state index is 0.154. The van der Waals surface area contributed by atoms with E-state index in [-0.39, 0.29) is 5.38 Å². The lowest BCUT2D eigenvalue weighted by Gasteiger charge is -2.23. The fourth-order valence-corrected chi connectivity index (χ4v) is 2.91. The Balaban J connectivity index is 1.78. The van der Waals surface area contributed by atoms with Crippen molar-refractivity contribution in [2.24, 2.45) is 0 Å². The number of alkyl halides is 1. The second-order valence-corrected chi connectivity index (χ2v) is 5.80. The van der Waals surface area contributed by atoms with Gasteiger partial charge in [0.2, 0.25) is 0 Å². The highest BCUT2D eigenvalue weighted by Crippen LogP contribution is 2.24. The zero-order valence-electron chi connectivity index (χ0n) is 11.6. The molecule has 0 amide bonds. The Bertz CT molecular complexity index is 375. The molecule has 1 aliphatic rings. The number of halogens is 1. The van der Waals surface area contributed by atoms with Crippen LogP contribution in [0.4, 0.5) is 0 Å². The van der Waals surface area contributed by atoms with Gasteiger partial charge in [0.1, 0.15) is 5.75 Å². The zero-order chi connectivity index (χ0) is 13.5. The highest BCUT2D eigenvalue weighted by molar-refractivity contribution is 6.20. The van der Waals surface area contributed by atoms with E-state index in [0.29, 0.717) is 6.10 Å². The van der Waals surface area contributed by atoms with Gasteiger partial charge >= 0.3 is 0 Å². The Hall–Kier alpha value is -0.730. The van der Waals surface area contributed by atoms with Crippen LogP contribution in [0.5, 0.6) is 5.75 Å². The van der Waals surface area contributed by atoms with Crippen molar-refractivity contribution in [3.8, 4) is 5.75 Å². The summed E-state index contributed by atoms with van der Waals surface area (Å²) in [4.78, 5) is 0. The van der Waals surface area contributed by atoms with Crippen molar-refractivity contribution < 1.29 is 9.47 Å². The van der Waals surface area contributed by atoms with Crippen LogP contribution in [-0.4, -0.2) is 25.2 Å². The molecule has 1 aromatic carbocycles. The summed E-state index contributed by atoms with van der Waals surface area (Å²) in [5.74, 6) is 0.932. The van der Waals surface area contributed by atoms with Gasteiger partial charge in [-0.3, -0.25) is 0 Å². The summed E-state index contributed by atoms with van der Waals surface area (Å²) in [6.45, 7) is 0.921. The minimum atomic E-state index is 0.154. The highest BCUT2D eigenvalue weighted by Gasteiger charge is 2.16. The van der Waals surface area contributed by atoms with Crippen LogP contribution in [-0.2, 0) is 11.2 Å². The van der Waals surface area contributed by atoms with Crippen LogP contribution in [0.15, 0.2) is 24.3 Å². The van der Waals surface area contributed by atoms with Crippen molar-refractivity contribution in [3.05, 3.63) is 29.8 Å². The second-order valence-electron chi connectivity index (χ2n) is 5.18. The van der Waals surface area contributed by atoms with Crippen molar-refractivity contribution in [2.75, 3.05) is 13.7 Å². The number of methoxy groups -OCH3 is 1. The molecule has 1 heterocycles. The maximum Gasteiger partial charge on any atom is 0.122 e. The van der Waals surface area contributed by atoms with Crippen LogP contribution >= 0.6 is 11.6 Å². The first-order valence-electron chi connectivity index (χ1n) is 7.17. The molecule has 1 aliphatic heterocycles. The first kappa shape index (κ1) is 14.7. The molecule has 2 unspecified atom stereocenters. The summed E-state index contributed by atoms with van der Waals surface area (Å²) in [5.41, 5.74) is 1.19. The topological polar surface area (TPSA) is 18.5 Å². The van der Waals surface area contributed by atoms with Crippen molar-refractivity contribution in [1.29, 1.82) is 0 Å². The second kappa shape index (κ2) is 7.76. The molecule has 2 atom stereocenters. The van der Waals surface area contributed by atoms with Crippen molar-refractivity contribution >= 4 is 11.6 Å². The summed E-state index contributed by atoms with van der Waals surface area (Å²) in [6, 6.07) is 8.10. The zero-order valence-corrected chi connectivity index (χ0v) is 12.4. The average Bonchev–Trinajstić information content (AvgIpc) is 2.47. The summed E-state index contributed by atoms with van der Waals surface area (Å²) in [6.07, 6.45) is 7.06. The molecule has 0 spiro atoms. The molecule has 0 aromatic heterocycles. The molecule has 3 heteroatoms. The molecular formula is C16H23ClO2. The number of ether oxygens (including phenoxy) is 2. The Labute approximate surface area is 121 Å².